The molecule has 1 N–H and O–H groups in total. The summed E-state index contributed by atoms with van der Waals surface area (Å²) in [7, 11) is -6.09. The van der Waals surface area contributed by atoms with E-state index in [0.717, 1.165) is 0 Å². The zero-order valence-corrected chi connectivity index (χ0v) is 10.2. The van der Waals surface area contributed by atoms with Gasteiger partial charge in [-0.25, -0.2) is 8.42 Å². The number of alkyl halides is 3. The van der Waals surface area contributed by atoms with Crippen molar-refractivity contribution in [2.75, 3.05) is 6.54 Å². The molecule has 4 nitrogen and oxygen atoms in total. The normalized spacial score (nSPS) is 19.6. The van der Waals surface area contributed by atoms with E-state index in [9.17, 15) is 13.2 Å². The Morgan fingerprint density at radius 1 is 1.41 bits per heavy atom. The molecule has 1 unspecified atom stereocenters. The molecule has 0 bridgehead atoms. The molecule has 0 amide bonds. The summed E-state index contributed by atoms with van der Waals surface area (Å²) in [5.41, 5.74) is -4.20. The largest absolute Gasteiger partial charge is 0.741 e. The van der Waals surface area contributed by atoms with Crippen LogP contribution >= 0.6 is 0 Å². The number of rotatable bonds is 2. The van der Waals surface area contributed by atoms with Gasteiger partial charge in [-0.1, -0.05) is 6.92 Å². The van der Waals surface area contributed by atoms with E-state index in [1.165, 1.54) is 23.6 Å². The van der Waals surface area contributed by atoms with Gasteiger partial charge in [0.1, 0.15) is 5.70 Å². The van der Waals surface area contributed by atoms with Gasteiger partial charge in [-0.3, -0.25) is 4.90 Å². The van der Waals surface area contributed by atoms with Gasteiger partial charge in [0.2, 0.25) is 0 Å². The van der Waals surface area contributed by atoms with Crippen LogP contribution in [0.5, 0.6) is 0 Å². The summed E-state index contributed by atoms with van der Waals surface area (Å²) in [5, 5.41) is 0. The van der Waals surface area contributed by atoms with Crippen molar-refractivity contribution in [2.24, 2.45) is 0 Å². The standard InChI is InChI=1S/C8H13N.CHF3O3S/c1-3-6-9-7-4-5-8(9)2;2-1(3,4)8(5,6)7/h4-5,7H,3,6H2,1-2H3;(H,5,6,7). The molecular weight excluding hydrogens is 259 g/mol. The Hall–Kier alpha value is -0.860. The van der Waals surface area contributed by atoms with Gasteiger partial charge >= 0.3 is 5.51 Å². The number of nitrogens with one attached hydrogen (secondary N) is 1. The summed E-state index contributed by atoms with van der Waals surface area (Å²) in [5.74, 6) is 0. The molecule has 0 aliphatic carbocycles. The van der Waals surface area contributed by atoms with Gasteiger partial charge in [0.25, 0.3) is 0 Å². The zero-order valence-electron chi connectivity index (χ0n) is 9.41. The Morgan fingerprint density at radius 3 is 2.12 bits per heavy atom. The van der Waals surface area contributed by atoms with E-state index in [0.29, 0.717) is 0 Å². The fraction of sp³-hybridized carbons (Fsp3) is 0.556. The van der Waals surface area contributed by atoms with E-state index >= 15 is 0 Å². The Labute approximate surface area is 98.2 Å². The molecular formula is C9H14F3NO3S. The molecule has 1 heterocycles. The van der Waals surface area contributed by atoms with Crippen molar-refractivity contribution in [3.63, 3.8) is 0 Å². The highest BCUT2D eigenvalue weighted by Crippen LogP contribution is 2.20. The SMILES string of the molecule is CCC[NH+]1C=CC=C1C.O=S(=O)([O-])C(F)(F)F. The minimum atomic E-state index is -6.09. The van der Waals surface area contributed by atoms with Crippen molar-refractivity contribution in [3.8, 4) is 0 Å². The molecule has 0 fully saturated rings. The summed E-state index contributed by atoms with van der Waals surface area (Å²) in [6, 6.07) is 0. The van der Waals surface area contributed by atoms with E-state index in [1.54, 1.807) is 0 Å². The maximum Gasteiger partial charge on any atom is 0.485 e. The van der Waals surface area contributed by atoms with Crippen molar-refractivity contribution in [2.45, 2.75) is 25.8 Å². The van der Waals surface area contributed by atoms with Gasteiger partial charge < -0.3 is 4.55 Å². The number of hydrogen-bond acceptors (Lipinski definition) is 3. The molecule has 0 aromatic rings. The second-order valence-electron chi connectivity index (χ2n) is 3.38. The van der Waals surface area contributed by atoms with Crippen molar-refractivity contribution in [1.29, 1.82) is 0 Å². The van der Waals surface area contributed by atoms with Crippen LogP contribution < -0.4 is 4.90 Å². The number of halogens is 3. The van der Waals surface area contributed by atoms with E-state index in [4.69, 9.17) is 13.0 Å². The first-order valence-corrected chi connectivity index (χ1v) is 6.23. The van der Waals surface area contributed by atoms with Crippen LogP contribution in [0.3, 0.4) is 0 Å². The second kappa shape index (κ2) is 6.18. The van der Waals surface area contributed by atoms with Gasteiger partial charge in [0.05, 0.1) is 12.7 Å². The Morgan fingerprint density at radius 2 is 1.88 bits per heavy atom. The summed E-state index contributed by atoms with van der Waals surface area (Å²) < 4.78 is 58.9. The summed E-state index contributed by atoms with van der Waals surface area (Å²) >= 11 is 0. The predicted molar refractivity (Wildman–Crippen MR) is 54.8 cm³/mol. The zero-order chi connectivity index (χ0) is 13.7. The molecule has 1 atom stereocenters. The molecule has 8 heteroatoms. The van der Waals surface area contributed by atoms with Gasteiger partial charge in [-0.15, -0.1) is 0 Å². The van der Waals surface area contributed by atoms with E-state index < -0.39 is 15.6 Å². The second-order valence-corrected chi connectivity index (χ2v) is 4.76. The lowest BCUT2D eigenvalue weighted by Gasteiger charge is -2.08. The monoisotopic (exact) mass is 273 g/mol. The minimum Gasteiger partial charge on any atom is -0.741 e. The van der Waals surface area contributed by atoms with Gasteiger partial charge in [0.15, 0.2) is 10.1 Å². The topological polar surface area (TPSA) is 61.6 Å². The maximum atomic E-state index is 10.7. The summed E-state index contributed by atoms with van der Waals surface area (Å²) in [6.07, 6.45) is 7.76. The number of allylic oxidation sites excluding steroid dienone is 3. The van der Waals surface area contributed by atoms with Crippen molar-refractivity contribution in [3.05, 3.63) is 24.0 Å². The molecule has 0 radical (unpaired) electrons. The van der Waals surface area contributed by atoms with Crippen LogP contribution in [0.15, 0.2) is 24.0 Å². The van der Waals surface area contributed by atoms with E-state index in [1.807, 2.05) is 0 Å². The van der Waals surface area contributed by atoms with Crippen LogP contribution in [0.2, 0.25) is 0 Å². The van der Waals surface area contributed by atoms with Crippen LogP contribution in [-0.2, 0) is 10.1 Å². The molecule has 0 spiro atoms. The third-order valence-corrected chi connectivity index (χ3v) is 2.52. The highest BCUT2D eigenvalue weighted by Gasteiger charge is 2.36. The molecule has 100 valence electrons. The smallest absolute Gasteiger partial charge is 0.485 e. The molecule has 0 saturated heterocycles. The highest BCUT2D eigenvalue weighted by atomic mass is 32.2. The lowest BCUT2D eigenvalue weighted by Crippen LogP contribution is -3.04. The molecule has 0 saturated carbocycles. The van der Waals surface area contributed by atoms with Crippen molar-refractivity contribution >= 4 is 10.1 Å². The Kier molecular flexibility index (Phi) is 5.86. The number of quaternary nitrogens is 1. The summed E-state index contributed by atoms with van der Waals surface area (Å²) in [4.78, 5) is 1.51. The fourth-order valence-electron chi connectivity index (χ4n) is 1.10. The third kappa shape index (κ3) is 5.85. The first-order chi connectivity index (χ1) is 7.59. The van der Waals surface area contributed by atoms with Crippen LogP contribution in [0.4, 0.5) is 13.2 Å². The summed E-state index contributed by atoms with van der Waals surface area (Å²) in [6.45, 7) is 5.62. The lowest BCUT2D eigenvalue weighted by molar-refractivity contribution is -0.802. The third-order valence-electron chi connectivity index (χ3n) is 1.95. The van der Waals surface area contributed by atoms with Crippen LogP contribution in [0, 0.1) is 0 Å². The highest BCUT2D eigenvalue weighted by molar-refractivity contribution is 7.86. The first-order valence-electron chi connectivity index (χ1n) is 4.83. The van der Waals surface area contributed by atoms with Crippen molar-refractivity contribution in [1.82, 2.24) is 0 Å². The number of hydrogen-bond donors (Lipinski definition) is 1. The average Bonchev–Trinajstić information content (AvgIpc) is 2.50. The Bertz CT molecular complexity index is 398. The molecule has 1 aliphatic rings. The lowest BCUT2D eigenvalue weighted by atomic mass is 10.4. The molecule has 1 aliphatic heterocycles. The van der Waals surface area contributed by atoms with Gasteiger partial charge in [-0.05, 0) is 18.6 Å². The average molecular weight is 273 g/mol. The Balaban J connectivity index is 0.000000304. The fourth-order valence-corrected chi connectivity index (χ4v) is 1.10. The first kappa shape index (κ1) is 16.1. The van der Waals surface area contributed by atoms with Crippen LogP contribution in [0.1, 0.15) is 20.3 Å². The quantitative estimate of drug-likeness (QED) is 0.597. The maximum absolute atomic E-state index is 10.7. The minimum absolute atomic E-state index is 1.23. The van der Waals surface area contributed by atoms with E-state index in [-0.39, 0.29) is 0 Å². The predicted octanol–water partition coefficient (Wildman–Crippen LogP) is 0.764. The van der Waals surface area contributed by atoms with Crippen molar-refractivity contribution < 1.29 is 31.0 Å². The van der Waals surface area contributed by atoms with Crippen LogP contribution in [0.25, 0.3) is 0 Å². The molecule has 1 rings (SSSR count). The van der Waals surface area contributed by atoms with Crippen LogP contribution in [-0.4, -0.2) is 25.0 Å². The van der Waals surface area contributed by atoms with Gasteiger partial charge in [-0.2, -0.15) is 13.2 Å². The van der Waals surface area contributed by atoms with E-state index in [2.05, 4.69) is 32.2 Å². The molecule has 17 heavy (non-hydrogen) atoms. The molecule has 0 aromatic carbocycles. The molecule has 0 aromatic heterocycles. The van der Waals surface area contributed by atoms with Gasteiger partial charge in [0, 0.05) is 6.92 Å².